The fourth-order valence-corrected chi connectivity index (χ4v) is 3.47. The molecule has 0 aromatic heterocycles. The van der Waals surface area contributed by atoms with Crippen molar-refractivity contribution in [3.8, 4) is 0 Å². The van der Waals surface area contributed by atoms with Crippen molar-refractivity contribution in [2.24, 2.45) is 11.8 Å². The van der Waals surface area contributed by atoms with E-state index in [9.17, 15) is 0 Å². The number of likely N-dealkylation sites (tertiary alicyclic amines) is 1. The van der Waals surface area contributed by atoms with E-state index in [1.165, 1.54) is 37.4 Å². The van der Waals surface area contributed by atoms with E-state index in [0.717, 1.165) is 11.8 Å². The Balaban J connectivity index is 1.68. The number of hydrogen-bond donors (Lipinski definition) is 1. The number of nitrogens with zero attached hydrogens (tertiary/aromatic N) is 2. The average Bonchev–Trinajstić information content (AvgIpc) is 2.98. The van der Waals surface area contributed by atoms with Crippen LogP contribution >= 0.6 is 0 Å². The predicted octanol–water partition coefficient (Wildman–Crippen LogP) is 1.96. The van der Waals surface area contributed by atoms with Crippen LogP contribution in [-0.4, -0.2) is 45.2 Å². The van der Waals surface area contributed by atoms with Crippen LogP contribution in [0.3, 0.4) is 0 Å². The Morgan fingerprint density at radius 3 is 2.21 bits per heavy atom. The van der Waals surface area contributed by atoms with E-state index < -0.39 is 0 Å². The van der Waals surface area contributed by atoms with Crippen molar-refractivity contribution in [3.05, 3.63) is 29.8 Å². The number of anilines is 1. The quantitative estimate of drug-likeness (QED) is 0.895. The van der Waals surface area contributed by atoms with Crippen molar-refractivity contribution < 1.29 is 0 Å². The topological polar surface area (TPSA) is 18.5 Å². The van der Waals surface area contributed by atoms with Crippen LogP contribution in [0.25, 0.3) is 0 Å². The van der Waals surface area contributed by atoms with Crippen molar-refractivity contribution >= 4 is 5.69 Å². The van der Waals surface area contributed by atoms with Crippen LogP contribution in [0, 0.1) is 11.8 Å². The summed E-state index contributed by atoms with van der Waals surface area (Å²) >= 11 is 0. The van der Waals surface area contributed by atoms with Gasteiger partial charge in [-0.15, -0.1) is 0 Å². The van der Waals surface area contributed by atoms with E-state index in [1.54, 1.807) is 0 Å². The molecule has 0 radical (unpaired) electrons. The average molecular weight is 259 g/mol. The summed E-state index contributed by atoms with van der Waals surface area (Å²) in [5.74, 6) is 1.76. The molecule has 1 aromatic carbocycles. The second kappa shape index (κ2) is 5.14. The number of nitrogens with one attached hydrogen (secondary N) is 1. The predicted molar refractivity (Wildman–Crippen MR) is 80.6 cm³/mol. The van der Waals surface area contributed by atoms with Gasteiger partial charge in [-0.1, -0.05) is 12.1 Å². The van der Waals surface area contributed by atoms with Gasteiger partial charge in [0.05, 0.1) is 0 Å². The molecule has 2 aliphatic rings. The molecule has 0 bridgehead atoms. The summed E-state index contributed by atoms with van der Waals surface area (Å²) in [5.41, 5.74) is 2.72. The second-order valence-electron chi connectivity index (χ2n) is 6.29. The van der Waals surface area contributed by atoms with E-state index >= 15 is 0 Å². The minimum absolute atomic E-state index is 0.543. The summed E-state index contributed by atoms with van der Waals surface area (Å²) in [5, 5.41) is 3.51. The number of benzene rings is 1. The molecule has 2 heterocycles. The molecule has 3 rings (SSSR count). The smallest absolute Gasteiger partial charge is 0.0361 e. The minimum Gasteiger partial charge on any atom is -0.378 e. The molecule has 0 saturated carbocycles. The van der Waals surface area contributed by atoms with Gasteiger partial charge in [-0.05, 0) is 49.5 Å². The molecule has 3 atom stereocenters. The molecule has 3 nitrogen and oxygen atoms in total. The van der Waals surface area contributed by atoms with E-state index in [1.807, 2.05) is 0 Å². The Hall–Kier alpha value is -1.06. The second-order valence-corrected chi connectivity index (χ2v) is 6.29. The summed E-state index contributed by atoms with van der Waals surface area (Å²) in [6.45, 7) is 7.29. The highest BCUT2D eigenvalue weighted by Crippen LogP contribution is 2.33. The van der Waals surface area contributed by atoms with Crippen molar-refractivity contribution in [2.75, 3.05) is 45.2 Å². The third-order valence-corrected chi connectivity index (χ3v) is 4.86. The lowest BCUT2D eigenvalue weighted by Gasteiger charge is -2.26. The van der Waals surface area contributed by atoms with Gasteiger partial charge in [-0.25, -0.2) is 0 Å². The zero-order chi connectivity index (χ0) is 13.4. The molecule has 2 saturated heterocycles. The maximum absolute atomic E-state index is 3.51. The Morgan fingerprint density at radius 1 is 1.11 bits per heavy atom. The number of fused-ring (bicyclic) bond motifs is 1. The van der Waals surface area contributed by atoms with Crippen LogP contribution in [0.5, 0.6) is 0 Å². The zero-order valence-electron chi connectivity index (χ0n) is 12.3. The number of rotatable bonds is 3. The van der Waals surface area contributed by atoms with Gasteiger partial charge in [0.15, 0.2) is 0 Å². The molecule has 104 valence electrons. The summed E-state index contributed by atoms with van der Waals surface area (Å²) in [6.07, 6.45) is 0. The Kier molecular flexibility index (Phi) is 3.50. The highest BCUT2D eigenvalue weighted by atomic mass is 15.2. The van der Waals surface area contributed by atoms with Crippen LogP contribution in [0.15, 0.2) is 24.3 Å². The number of hydrogen-bond acceptors (Lipinski definition) is 3. The first-order chi connectivity index (χ1) is 9.15. The van der Waals surface area contributed by atoms with Crippen molar-refractivity contribution in [2.45, 2.75) is 13.0 Å². The fraction of sp³-hybridized carbons (Fsp3) is 0.625. The lowest BCUT2D eigenvalue weighted by molar-refractivity contribution is 0.244. The van der Waals surface area contributed by atoms with Gasteiger partial charge in [0.1, 0.15) is 0 Å². The first-order valence-corrected chi connectivity index (χ1v) is 7.37. The SMILES string of the molecule is CC(c1ccc(N(C)C)cc1)N1C[C@H]2CNC[C@H]2C1. The Morgan fingerprint density at radius 2 is 1.68 bits per heavy atom. The van der Waals surface area contributed by atoms with Gasteiger partial charge < -0.3 is 10.2 Å². The molecule has 2 fully saturated rings. The lowest BCUT2D eigenvalue weighted by atomic mass is 10.0. The maximum Gasteiger partial charge on any atom is 0.0361 e. The van der Waals surface area contributed by atoms with Crippen molar-refractivity contribution in [1.29, 1.82) is 0 Å². The van der Waals surface area contributed by atoms with E-state index in [-0.39, 0.29) is 0 Å². The van der Waals surface area contributed by atoms with Gasteiger partial charge >= 0.3 is 0 Å². The third-order valence-electron chi connectivity index (χ3n) is 4.86. The van der Waals surface area contributed by atoms with Gasteiger partial charge in [0.25, 0.3) is 0 Å². The van der Waals surface area contributed by atoms with Crippen LogP contribution in [0.4, 0.5) is 5.69 Å². The normalized spacial score (nSPS) is 28.4. The molecule has 2 aliphatic heterocycles. The maximum atomic E-state index is 3.51. The summed E-state index contributed by atoms with van der Waals surface area (Å²) in [4.78, 5) is 4.81. The third kappa shape index (κ3) is 2.49. The highest BCUT2D eigenvalue weighted by molar-refractivity contribution is 5.46. The Bertz CT molecular complexity index is 414. The van der Waals surface area contributed by atoms with Crippen LogP contribution in [-0.2, 0) is 0 Å². The van der Waals surface area contributed by atoms with Crippen LogP contribution < -0.4 is 10.2 Å². The first kappa shape index (κ1) is 12.9. The van der Waals surface area contributed by atoms with Crippen molar-refractivity contribution in [3.63, 3.8) is 0 Å². The minimum atomic E-state index is 0.543. The van der Waals surface area contributed by atoms with Crippen LogP contribution in [0.2, 0.25) is 0 Å². The van der Waals surface area contributed by atoms with Gasteiger partial charge in [-0.2, -0.15) is 0 Å². The Labute approximate surface area is 116 Å². The lowest BCUT2D eigenvalue weighted by Crippen LogP contribution is -2.28. The largest absolute Gasteiger partial charge is 0.378 e. The fourth-order valence-electron chi connectivity index (χ4n) is 3.47. The molecule has 19 heavy (non-hydrogen) atoms. The van der Waals surface area contributed by atoms with E-state index in [2.05, 4.69) is 60.4 Å². The van der Waals surface area contributed by atoms with E-state index in [4.69, 9.17) is 0 Å². The van der Waals surface area contributed by atoms with Gasteiger partial charge in [0, 0.05) is 38.9 Å². The zero-order valence-corrected chi connectivity index (χ0v) is 12.3. The molecule has 0 spiro atoms. The molecule has 1 N–H and O–H groups in total. The first-order valence-electron chi connectivity index (χ1n) is 7.37. The molecule has 0 amide bonds. The van der Waals surface area contributed by atoms with Gasteiger partial charge in [0.2, 0.25) is 0 Å². The summed E-state index contributed by atoms with van der Waals surface area (Å²) in [6, 6.07) is 9.56. The molecule has 1 aromatic rings. The van der Waals surface area contributed by atoms with Crippen molar-refractivity contribution in [1.82, 2.24) is 10.2 Å². The molecule has 3 heteroatoms. The van der Waals surface area contributed by atoms with Crippen LogP contribution in [0.1, 0.15) is 18.5 Å². The van der Waals surface area contributed by atoms with E-state index in [0.29, 0.717) is 6.04 Å². The molecule has 0 aliphatic carbocycles. The molecule has 1 unspecified atom stereocenters. The molecular formula is C16H25N3. The summed E-state index contributed by atoms with van der Waals surface area (Å²) in [7, 11) is 4.18. The molecular weight excluding hydrogens is 234 g/mol. The standard InChI is InChI=1S/C16H25N3/c1-12(13-4-6-16(7-5-13)18(2)3)19-10-14-8-17-9-15(14)11-19/h4-7,12,14-15,17H,8-11H2,1-3H3/t12?,14-,15+. The van der Waals surface area contributed by atoms with Gasteiger partial charge in [-0.3, -0.25) is 4.90 Å². The highest BCUT2D eigenvalue weighted by Gasteiger charge is 2.37. The summed E-state index contributed by atoms with van der Waals surface area (Å²) < 4.78 is 0. The monoisotopic (exact) mass is 259 g/mol.